The second kappa shape index (κ2) is 8.56. The highest BCUT2D eigenvalue weighted by Gasteiger charge is 2.14. The van der Waals surface area contributed by atoms with Gasteiger partial charge in [0.15, 0.2) is 0 Å². The van der Waals surface area contributed by atoms with Gasteiger partial charge in [-0.05, 0) is 37.9 Å². The van der Waals surface area contributed by atoms with Crippen LogP contribution in [0.2, 0.25) is 5.02 Å². The van der Waals surface area contributed by atoms with Crippen LogP contribution in [0.1, 0.15) is 5.56 Å². The smallest absolute Gasteiger partial charge is 0.319 e. The zero-order valence-corrected chi connectivity index (χ0v) is 14.3. The number of amides is 2. The summed E-state index contributed by atoms with van der Waals surface area (Å²) in [4.78, 5) is 16.5. The molecule has 0 fully saturated rings. The first-order valence-corrected chi connectivity index (χ1v) is 7.92. The Labute approximate surface area is 142 Å². The third-order valence-corrected chi connectivity index (χ3v) is 3.63. The van der Waals surface area contributed by atoms with Crippen LogP contribution >= 0.6 is 11.6 Å². The minimum absolute atomic E-state index is 0.127. The third-order valence-electron chi connectivity index (χ3n) is 3.40. The summed E-state index contributed by atoms with van der Waals surface area (Å²) < 4.78 is 0. The molecule has 5 heteroatoms. The van der Waals surface area contributed by atoms with Crippen molar-refractivity contribution in [2.75, 3.05) is 32.5 Å². The maximum atomic E-state index is 12.6. The van der Waals surface area contributed by atoms with Gasteiger partial charge >= 0.3 is 6.03 Å². The number of nitrogens with zero attached hydrogens (tertiary/aromatic N) is 2. The Balaban J connectivity index is 2.07. The van der Waals surface area contributed by atoms with Crippen molar-refractivity contribution >= 4 is 23.3 Å². The quantitative estimate of drug-likeness (QED) is 0.870. The van der Waals surface area contributed by atoms with Gasteiger partial charge in [-0.2, -0.15) is 0 Å². The van der Waals surface area contributed by atoms with E-state index in [9.17, 15) is 4.79 Å². The van der Waals surface area contributed by atoms with E-state index >= 15 is 0 Å². The molecule has 0 saturated heterocycles. The molecule has 0 saturated carbocycles. The molecule has 0 unspecified atom stereocenters. The number of hydrogen-bond donors (Lipinski definition) is 1. The molecule has 2 aromatic carbocycles. The average molecular weight is 332 g/mol. The summed E-state index contributed by atoms with van der Waals surface area (Å²) in [6, 6.07) is 17.0. The Morgan fingerprint density at radius 1 is 1.04 bits per heavy atom. The molecule has 0 aliphatic heterocycles. The van der Waals surface area contributed by atoms with Gasteiger partial charge in [0.25, 0.3) is 0 Å². The Morgan fingerprint density at radius 2 is 1.78 bits per heavy atom. The van der Waals surface area contributed by atoms with Gasteiger partial charge in [0, 0.05) is 30.3 Å². The monoisotopic (exact) mass is 331 g/mol. The van der Waals surface area contributed by atoms with E-state index in [1.54, 1.807) is 17.0 Å². The Bertz CT molecular complexity index is 631. The lowest BCUT2D eigenvalue weighted by Gasteiger charge is -2.25. The third kappa shape index (κ3) is 5.93. The molecule has 1 N–H and O–H groups in total. The molecule has 23 heavy (non-hydrogen) atoms. The van der Waals surface area contributed by atoms with Gasteiger partial charge in [0.1, 0.15) is 0 Å². The number of carbonyl (C=O) groups excluding carboxylic acids is 1. The zero-order chi connectivity index (χ0) is 16.7. The van der Waals surface area contributed by atoms with Crippen LogP contribution in [0.3, 0.4) is 0 Å². The standard InChI is InChI=1S/C18H22ClN3O/c1-21(2)11-12-22(14-15-7-4-3-5-8-15)18(23)20-17-10-6-9-16(19)13-17/h3-10,13H,11-12,14H2,1-2H3,(H,20,23). The van der Waals surface area contributed by atoms with Gasteiger partial charge in [-0.1, -0.05) is 48.0 Å². The highest BCUT2D eigenvalue weighted by atomic mass is 35.5. The van der Waals surface area contributed by atoms with E-state index in [0.29, 0.717) is 23.8 Å². The van der Waals surface area contributed by atoms with Crippen LogP contribution in [0, 0.1) is 0 Å². The molecule has 0 aromatic heterocycles. The Morgan fingerprint density at radius 3 is 2.43 bits per heavy atom. The molecular formula is C18H22ClN3O. The van der Waals surface area contributed by atoms with Crippen LogP contribution < -0.4 is 5.32 Å². The van der Waals surface area contributed by atoms with Gasteiger partial charge < -0.3 is 15.1 Å². The minimum atomic E-state index is -0.127. The summed E-state index contributed by atoms with van der Waals surface area (Å²) in [6.07, 6.45) is 0. The number of anilines is 1. The second-order valence-corrected chi connectivity index (χ2v) is 6.09. The van der Waals surface area contributed by atoms with Crippen LogP contribution in [0.4, 0.5) is 10.5 Å². The fraction of sp³-hybridized carbons (Fsp3) is 0.278. The zero-order valence-electron chi connectivity index (χ0n) is 13.5. The molecule has 0 bridgehead atoms. The van der Waals surface area contributed by atoms with Crippen molar-refractivity contribution in [1.29, 1.82) is 0 Å². The molecule has 0 heterocycles. The Hall–Kier alpha value is -2.04. The SMILES string of the molecule is CN(C)CCN(Cc1ccccc1)C(=O)Nc1cccc(Cl)c1. The number of urea groups is 1. The summed E-state index contributed by atoms with van der Waals surface area (Å²) in [6.45, 7) is 2.02. The molecule has 0 radical (unpaired) electrons. The summed E-state index contributed by atoms with van der Waals surface area (Å²) in [7, 11) is 3.99. The van der Waals surface area contributed by atoms with Gasteiger partial charge in [-0.15, -0.1) is 0 Å². The average Bonchev–Trinajstić information content (AvgIpc) is 2.52. The largest absolute Gasteiger partial charge is 0.322 e. The fourth-order valence-electron chi connectivity index (χ4n) is 2.15. The number of halogens is 1. The molecular weight excluding hydrogens is 310 g/mol. The second-order valence-electron chi connectivity index (χ2n) is 5.65. The maximum Gasteiger partial charge on any atom is 0.322 e. The normalized spacial score (nSPS) is 10.6. The molecule has 2 aromatic rings. The van der Waals surface area contributed by atoms with Crippen LogP contribution in [-0.2, 0) is 6.54 Å². The van der Waals surface area contributed by atoms with Gasteiger partial charge in [-0.25, -0.2) is 4.79 Å². The van der Waals surface area contributed by atoms with E-state index < -0.39 is 0 Å². The highest BCUT2D eigenvalue weighted by molar-refractivity contribution is 6.30. The number of carbonyl (C=O) groups is 1. The van der Waals surface area contributed by atoms with E-state index in [2.05, 4.69) is 10.2 Å². The van der Waals surface area contributed by atoms with E-state index in [-0.39, 0.29) is 6.03 Å². The predicted molar refractivity (Wildman–Crippen MR) is 95.9 cm³/mol. The van der Waals surface area contributed by atoms with Gasteiger partial charge in [0.05, 0.1) is 0 Å². The topological polar surface area (TPSA) is 35.6 Å². The van der Waals surface area contributed by atoms with Crippen molar-refractivity contribution < 1.29 is 4.79 Å². The lowest BCUT2D eigenvalue weighted by molar-refractivity contribution is 0.202. The van der Waals surface area contributed by atoms with Crippen molar-refractivity contribution in [2.24, 2.45) is 0 Å². The number of rotatable bonds is 6. The number of nitrogens with one attached hydrogen (secondary N) is 1. The lowest BCUT2D eigenvalue weighted by atomic mass is 10.2. The van der Waals surface area contributed by atoms with E-state index in [4.69, 9.17) is 11.6 Å². The van der Waals surface area contributed by atoms with Crippen LogP contribution in [-0.4, -0.2) is 43.0 Å². The molecule has 122 valence electrons. The van der Waals surface area contributed by atoms with Crippen LogP contribution in [0.25, 0.3) is 0 Å². The van der Waals surface area contributed by atoms with Gasteiger partial charge in [-0.3, -0.25) is 0 Å². The van der Waals surface area contributed by atoms with E-state index in [0.717, 1.165) is 12.1 Å². The molecule has 2 amide bonds. The number of likely N-dealkylation sites (N-methyl/N-ethyl adjacent to an activating group) is 1. The fourth-order valence-corrected chi connectivity index (χ4v) is 2.34. The number of benzene rings is 2. The summed E-state index contributed by atoms with van der Waals surface area (Å²) in [5.41, 5.74) is 1.80. The van der Waals surface area contributed by atoms with Crippen LogP contribution in [0.5, 0.6) is 0 Å². The van der Waals surface area contributed by atoms with Crippen LogP contribution in [0.15, 0.2) is 54.6 Å². The highest BCUT2D eigenvalue weighted by Crippen LogP contribution is 2.16. The first-order chi connectivity index (χ1) is 11.0. The van der Waals surface area contributed by atoms with Crippen molar-refractivity contribution in [3.8, 4) is 0 Å². The summed E-state index contributed by atoms with van der Waals surface area (Å²) in [5.74, 6) is 0. The maximum absolute atomic E-state index is 12.6. The molecule has 0 aliphatic rings. The first-order valence-electron chi connectivity index (χ1n) is 7.55. The summed E-state index contributed by atoms with van der Waals surface area (Å²) >= 11 is 5.97. The molecule has 0 spiro atoms. The van der Waals surface area contributed by atoms with Gasteiger partial charge in [0.2, 0.25) is 0 Å². The van der Waals surface area contributed by atoms with Crippen molar-refractivity contribution in [3.63, 3.8) is 0 Å². The molecule has 0 atom stereocenters. The predicted octanol–water partition coefficient (Wildman–Crippen LogP) is 3.94. The Kier molecular flexibility index (Phi) is 6.44. The van der Waals surface area contributed by atoms with Crippen molar-refractivity contribution in [3.05, 3.63) is 65.2 Å². The number of hydrogen-bond acceptors (Lipinski definition) is 2. The van der Waals surface area contributed by atoms with Crippen molar-refractivity contribution in [1.82, 2.24) is 9.80 Å². The summed E-state index contributed by atoms with van der Waals surface area (Å²) in [5, 5.41) is 3.51. The molecule has 0 aliphatic carbocycles. The molecule has 2 rings (SSSR count). The van der Waals surface area contributed by atoms with Crippen molar-refractivity contribution in [2.45, 2.75) is 6.54 Å². The molecule has 4 nitrogen and oxygen atoms in total. The lowest BCUT2D eigenvalue weighted by Crippen LogP contribution is -2.39. The minimum Gasteiger partial charge on any atom is -0.319 e. The first kappa shape index (κ1) is 17.3. The van der Waals surface area contributed by atoms with E-state index in [1.807, 2.05) is 56.6 Å². The van der Waals surface area contributed by atoms with E-state index in [1.165, 1.54) is 0 Å².